The Labute approximate surface area is 200 Å². The minimum atomic E-state index is -3.74. The lowest BCUT2D eigenvalue weighted by atomic mass is 10.1. The molecule has 0 saturated heterocycles. The van der Waals surface area contributed by atoms with E-state index in [1.807, 2.05) is 63.2 Å². The first kappa shape index (κ1) is 25.0. The van der Waals surface area contributed by atoms with Crippen molar-refractivity contribution in [2.75, 3.05) is 22.4 Å². The zero-order chi connectivity index (χ0) is 24.9. The molecule has 34 heavy (non-hydrogen) atoms. The fourth-order valence-electron chi connectivity index (χ4n) is 3.91. The molecule has 0 aliphatic heterocycles. The van der Waals surface area contributed by atoms with E-state index in [4.69, 9.17) is 0 Å². The summed E-state index contributed by atoms with van der Waals surface area (Å²) in [6, 6.07) is 19.9. The first-order valence-corrected chi connectivity index (χ1v) is 12.7. The predicted octanol–water partition coefficient (Wildman–Crippen LogP) is 3.95. The number of para-hydroxylation sites is 1. The Morgan fingerprint density at radius 3 is 2.09 bits per heavy atom. The van der Waals surface area contributed by atoms with E-state index >= 15 is 0 Å². The first-order valence-electron chi connectivity index (χ1n) is 10.8. The number of nitrogens with zero attached hydrogens (tertiary/aromatic N) is 1. The summed E-state index contributed by atoms with van der Waals surface area (Å²) in [6.07, 6.45) is 1.07. The normalized spacial score (nSPS) is 11.1. The summed E-state index contributed by atoms with van der Waals surface area (Å²) in [5.74, 6) is -0.891. The second-order valence-corrected chi connectivity index (χ2v) is 10.2. The molecule has 3 aromatic carbocycles. The van der Waals surface area contributed by atoms with Crippen LogP contribution in [0.2, 0.25) is 0 Å². The molecule has 0 fully saturated rings. The van der Waals surface area contributed by atoms with Gasteiger partial charge in [0, 0.05) is 6.54 Å². The van der Waals surface area contributed by atoms with Gasteiger partial charge in [0.25, 0.3) is 5.91 Å². The smallest absolute Gasteiger partial charge is 0.253 e. The van der Waals surface area contributed by atoms with Gasteiger partial charge < -0.3 is 10.6 Å². The third-order valence-corrected chi connectivity index (χ3v) is 6.43. The molecule has 8 heteroatoms. The van der Waals surface area contributed by atoms with Gasteiger partial charge in [0.15, 0.2) is 0 Å². The molecule has 3 aromatic rings. The number of aryl methyl sites for hydroxylation is 3. The quantitative estimate of drug-likeness (QED) is 0.511. The van der Waals surface area contributed by atoms with E-state index in [0.717, 1.165) is 32.8 Å². The van der Waals surface area contributed by atoms with Crippen molar-refractivity contribution in [2.24, 2.45) is 0 Å². The molecule has 0 saturated carbocycles. The van der Waals surface area contributed by atoms with Crippen molar-refractivity contribution in [1.82, 2.24) is 5.32 Å². The molecular weight excluding hydrogens is 450 g/mol. The summed E-state index contributed by atoms with van der Waals surface area (Å²) in [6.45, 7) is 5.50. The second kappa shape index (κ2) is 10.5. The summed E-state index contributed by atoms with van der Waals surface area (Å²) >= 11 is 0. The van der Waals surface area contributed by atoms with Crippen LogP contribution in [0.5, 0.6) is 0 Å². The lowest BCUT2D eigenvalue weighted by Gasteiger charge is -2.26. The fraction of sp³-hybridized carbons (Fsp3) is 0.231. The molecule has 0 unspecified atom stereocenters. The van der Waals surface area contributed by atoms with Crippen molar-refractivity contribution in [2.45, 2.75) is 27.3 Å². The summed E-state index contributed by atoms with van der Waals surface area (Å²) < 4.78 is 26.3. The Balaban J connectivity index is 1.79. The number of carbonyl (C=O) groups excluding carboxylic acids is 2. The van der Waals surface area contributed by atoms with E-state index in [9.17, 15) is 18.0 Å². The van der Waals surface area contributed by atoms with E-state index in [2.05, 4.69) is 10.6 Å². The highest BCUT2D eigenvalue weighted by Crippen LogP contribution is 2.28. The molecule has 0 aliphatic rings. The molecule has 2 amide bonds. The van der Waals surface area contributed by atoms with Crippen LogP contribution < -0.4 is 14.9 Å². The van der Waals surface area contributed by atoms with E-state index in [-0.39, 0.29) is 5.91 Å². The van der Waals surface area contributed by atoms with E-state index in [1.165, 1.54) is 0 Å². The molecule has 0 aromatic heterocycles. The van der Waals surface area contributed by atoms with Crippen molar-refractivity contribution in [3.8, 4) is 0 Å². The van der Waals surface area contributed by atoms with Gasteiger partial charge in [-0.1, -0.05) is 60.2 Å². The van der Waals surface area contributed by atoms with Gasteiger partial charge in [-0.2, -0.15) is 0 Å². The molecule has 7 nitrogen and oxygen atoms in total. The minimum absolute atomic E-state index is 0.292. The van der Waals surface area contributed by atoms with Crippen LogP contribution in [0.1, 0.15) is 32.6 Å². The van der Waals surface area contributed by atoms with Crippen LogP contribution >= 0.6 is 0 Å². The summed E-state index contributed by atoms with van der Waals surface area (Å²) in [7, 11) is -3.74. The number of rotatable bonds is 8. The molecule has 0 heterocycles. The second-order valence-electron chi connectivity index (χ2n) is 8.28. The fourth-order valence-corrected chi connectivity index (χ4v) is 4.88. The average molecular weight is 480 g/mol. The highest BCUT2D eigenvalue weighted by molar-refractivity contribution is 7.92. The summed E-state index contributed by atoms with van der Waals surface area (Å²) in [5, 5.41) is 5.55. The first-order chi connectivity index (χ1) is 16.1. The number of hydrogen-bond donors (Lipinski definition) is 2. The largest absolute Gasteiger partial charge is 0.348 e. The van der Waals surface area contributed by atoms with Crippen LogP contribution in [-0.2, 0) is 21.4 Å². The van der Waals surface area contributed by atoms with Crippen molar-refractivity contribution in [3.05, 3.63) is 94.5 Å². The lowest BCUT2D eigenvalue weighted by molar-refractivity contribution is -0.114. The van der Waals surface area contributed by atoms with Crippen LogP contribution in [0.3, 0.4) is 0 Å². The van der Waals surface area contributed by atoms with Gasteiger partial charge in [0.05, 0.1) is 23.2 Å². The van der Waals surface area contributed by atoms with Gasteiger partial charge in [-0.25, -0.2) is 8.42 Å². The van der Waals surface area contributed by atoms with Gasteiger partial charge in [-0.3, -0.25) is 13.9 Å². The monoisotopic (exact) mass is 479 g/mol. The Morgan fingerprint density at radius 2 is 1.47 bits per heavy atom. The molecule has 0 bridgehead atoms. The van der Waals surface area contributed by atoms with Crippen LogP contribution in [0.25, 0.3) is 0 Å². The highest BCUT2D eigenvalue weighted by atomic mass is 32.2. The predicted molar refractivity (Wildman–Crippen MR) is 136 cm³/mol. The van der Waals surface area contributed by atoms with Gasteiger partial charge in [0.1, 0.15) is 6.54 Å². The Morgan fingerprint density at radius 1 is 0.882 bits per heavy atom. The zero-order valence-electron chi connectivity index (χ0n) is 19.8. The molecule has 3 rings (SSSR count). The SMILES string of the molecule is Cc1cc(C)c(N(CC(=O)Nc2ccccc2C(=O)NCc2ccccc2)S(C)(=O)=O)c(C)c1. The molecule has 0 atom stereocenters. The Bertz CT molecular complexity index is 1280. The standard InChI is InChI=1S/C26H29N3O4S/c1-18-14-19(2)25(20(3)15-18)29(34(4,32)33)17-24(30)28-23-13-9-8-12-22(23)26(31)27-16-21-10-6-5-7-11-21/h5-15H,16-17H2,1-4H3,(H,27,31)(H,28,30). The number of sulfonamides is 1. The summed E-state index contributed by atoms with van der Waals surface area (Å²) in [5.41, 5.74) is 4.56. The van der Waals surface area contributed by atoms with Gasteiger partial charge >= 0.3 is 0 Å². The van der Waals surface area contributed by atoms with Crippen molar-refractivity contribution >= 4 is 33.2 Å². The van der Waals surface area contributed by atoms with Crippen molar-refractivity contribution < 1.29 is 18.0 Å². The topological polar surface area (TPSA) is 95.6 Å². The van der Waals surface area contributed by atoms with Gasteiger partial charge in [-0.05, 0) is 49.6 Å². The van der Waals surface area contributed by atoms with E-state index in [0.29, 0.717) is 23.5 Å². The number of nitrogens with one attached hydrogen (secondary N) is 2. The van der Waals surface area contributed by atoms with Gasteiger partial charge in [-0.15, -0.1) is 0 Å². The number of benzene rings is 3. The molecule has 2 N–H and O–H groups in total. The van der Waals surface area contributed by atoms with Crippen LogP contribution in [0, 0.1) is 20.8 Å². The third kappa shape index (κ3) is 6.23. The lowest BCUT2D eigenvalue weighted by Crippen LogP contribution is -2.38. The maximum atomic E-state index is 12.9. The van der Waals surface area contributed by atoms with E-state index < -0.39 is 22.5 Å². The number of carbonyl (C=O) groups is 2. The minimum Gasteiger partial charge on any atom is -0.348 e. The maximum absolute atomic E-state index is 12.9. The number of anilines is 2. The number of hydrogen-bond acceptors (Lipinski definition) is 4. The molecule has 0 aliphatic carbocycles. The number of amides is 2. The zero-order valence-corrected chi connectivity index (χ0v) is 20.6. The van der Waals surface area contributed by atoms with Gasteiger partial charge in [0.2, 0.25) is 15.9 Å². The third-order valence-electron chi connectivity index (χ3n) is 5.31. The molecule has 0 spiro atoms. The van der Waals surface area contributed by atoms with Crippen LogP contribution in [0.4, 0.5) is 11.4 Å². The molecule has 0 radical (unpaired) electrons. The van der Waals surface area contributed by atoms with Crippen LogP contribution in [0.15, 0.2) is 66.7 Å². The van der Waals surface area contributed by atoms with Crippen molar-refractivity contribution in [3.63, 3.8) is 0 Å². The van der Waals surface area contributed by atoms with E-state index in [1.54, 1.807) is 24.3 Å². The maximum Gasteiger partial charge on any atom is 0.253 e. The molecule has 178 valence electrons. The summed E-state index contributed by atoms with van der Waals surface area (Å²) in [4.78, 5) is 25.7. The molecular formula is C26H29N3O4S. The Kier molecular flexibility index (Phi) is 7.73. The van der Waals surface area contributed by atoms with Crippen molar-refractivity contribution in [1.29, 1.82) is 0 Å². The average Bonchev–Trinajstić information content (AvgIpc) is 2.76. The highest BCUT2D eigenvalue weighted by Gasteiger charge is 2.25. The van der Waals surface area contributed by atoms with Crippen LogP contribution in [-0.4, -0.2) is 33.0 Å². The Hall–Kier alpha value is -3.65.